The molecule has 0 aliphatic rings. The Morgan fingerprint density at radius 2 is 2.10 bits per heavy atom. The van der Waals surface area contributed by atoms with E-state index in [1.165, 1.54) is 23.6 Å². The average molecular weight is 442 g/mol. The molecule has 0 saturated carbocycles. The summed E-state index contributed by atoms with van der Waals surface area (Å²) in [7, 11) is -3.71. The molecule has 0 saturated heterocycles. The number of pyridine rings is 1. The maximum atomic E-state index is 12.3. The number of rotatable bonds is 5. The van der Waals surface area contributed by atoms with E-state index < -0.39 is 10.0 Å². The number of nitrogens with two attached hydrogens (primary N) is 1. The molecule has 0 spiro atoms. The van der Waals surface area contributed by atoms with Crippen LogP contribution in [-0.4, -0.2) is 13.4 Å². The lowest BCUT2D eigenvalue weighted by Crippen LogP contribution is -2.25. The van der Waals surface area contributed by atoms with Gasteiger partial charge in [-0.2, -0.15) is 0 Å². The van der Waals surface area contributed by atoms with Crippen LogP contribution in [0.15, 0.2) is 37.6 Å². The van der Waals surface area contributed by atoms with E-state index in [4.69, 9.17) is 5.84 Å². The van der Waals surface area contributed by atoms with Crippen LogP contribution >= 0.6 is 43.2 Å². The van der Waals surface area contributed by atoms with Crippen LogP contribution in [0.4, 0.5) is 5.82 Å². The number of sulfonamides is 1. The first-order valence-corrected chi connectivity index (χ1v) is 9.17. The molecule has 108 valence electrons. The molecule has 2 rings (SSSR count). The Morgan fingerprint density at radius 1 is 1.35 bits per heavy atom. The van der Waals surface area contributed by atoms with Gasteiger partial charge in [-0.3, -0.25) is 0 Å². The molecule has 10 heteroatoms. The molecule has 0 aromatic carbocycles. The van der Waals surface area contributed by atoms with Crippen molar-refractivity contribution in [2.75, 3.05) is 5.43 Å². The number of halogens is 2. The third-order valence-electron chi connectivity index (χ3n) is 2.31. The Kier molecular flexibility index (Phi) is 5.15. The van der Waals surface area contributed by atoms with Gasteiger partial charge in [0.2, 0.25) is 10.0 Å². The van der Waals surface area contributed by atoms with E-state index in [2.05, 4.69) is 47.0 Å². The number of hydrazine groups is 1. The number of nitrogen functional groups attached to an aromatic ring is 1. The molecular formula is C10H10Br2N4O2S2. The van der Waals surface area contributed by atoms with Crippen LogP contribution in [0.2, 0.25) is 0 Å². The van der Waals surface area contributed by atoms with Crippen LogP contribution in [0, 0.1) is 0 Å². The molecule has 0 unspecified atom stereocenters. The summed E-state index contributed by atoms with van der Waals surface area (Å²) in [5.41, 5.74) is 2.28. The Balaban J connectivity index is 2.24. The second-order valence-electron chi connectivity index (χ2n) is 3.67. The standard InChI is InChI=1S/C10H10Br2N4O2S2/c11-6-3-8(10(16-13)14-4-6)20(17,18)15-5-7-1-2-9(12)19-7/h1-4,15H,5,13H2,(H,14,16). The molecule has 0 bridgehead atoms. The number of hydrogen-bond acceptors (Lipinski definition) is 6. The van der Waals surface area contributed by atoms with Crippen molar-refractivity contribution in [1.82, 2.24) is 9.71 Å². The van der Waals surface area contributed by atoms with E-state index >= 15 is 0 Å². The lowest BCUT2D eigenvalue weighted by molar-refractivity contribution is 0.581. The summed E-state index contributed by atoms with van der Waals surface area (Å²) in [4.78, 5) is 4.80. The highest BCUT2D eigenvalue weighted by molar-refractivity contribution is 9.11. The van der Waals surface area contributed by atoms with Crippen LogP contribution in [0.1, 0.15) is 4.88 Å². The van der Waals surface area contributed by atoms with Gasteiger partial charge in [0.1, 0.15) is 4.90 Å². The fourth-order valence-electron chi connectivity index (χ4n) is 1.42. The molecule has 6 nitrogen and oxygen atoms in total. The Labute approximate surface area is 137 Å². The summed E-state index contributed by atoms with van der Waals surface area (Å²) in [5, 5.41) is 0. The van der Waals surface area contributed by atoms with Crippen molar-refractivity contribution >= 4 is 59.0 Å². The lowest BCUT2D eigenvalue weighted by atomic mass is 10.5. The number of hydrogen-bond donors (Lipinski definition) is 3. The maximum Gasteiger partial charge on any atom is 0.244 e. The monoisotopic (exact) mass is 440 g/mol. The molecule has 0 atom stereocenters. The second-order valence-corrected chi connectivity index (χ2v) is 8.87. The largest absolute Gasteiger partial charge is 0.307 e. The normalized spacial score (nSPS) is 11.6. The van der Waals surface area contributed by atoms with Crippen molar-refractivity contribution in [3.8, 4) is 0 Å². The highest BCUT2D eigenvalue weighted by Crippen LogP contribution is 2.24. The highest BCUT2D eigenvalue weighted by Gasteiger charge is 2.20. The zero-order valence-electron chi connectivity index (χ0n) is 9.93. The van der Waals surface area contributed by atoms with Gasteiger partial charge >= 0.3 is 0 Å². The van der Waals surface area contributed by atoms with Gasteiger partial charge in [0.15, 0.2) is 5.82 Å². The molecule has 0 amide bonds. The van der Waals surface area contributed by atoms with E-state index in [0.717, 1.165) is 8.66 Å². The molecule has 2 aromatic heterocycles. The van der Waals surface area contributed by atoms with Crippen LogP contribution in [-0.2, 0) is 16.6 Å². The molecule has 0 aliphatic carbocycles. The van der Waals surface area contributed by atoms with Crippen LogP contribution < -0.4 is 16.0 Å². The zero-order valence-corrected chi connectivity index (χ0v) is 14.7. The van der Waals surface area contributed by atoms with E-state index in [-0.39, 0.29) is 17.3 Å². The van der Waals surface area contributed by atoms with Crippen molar-refractivity contribution in [2.45, 2.75) is 11.4 Å². The fraction of sp³-hybridized carbons (Fsp3) is 0.100. The fourth-order valence-corrected chi connectivity index (χ4v) is 4.57. The van der Waals surface area contributed by atoms with Crippen LogP contribution in [0.5, 0.6) is 0 Å². The van der Waals surface area contributed by atoms with Crippen LogP contribution in [0.25, 0.3) is 0 Å². The summed E-state index contributed by atoms with van der Waals surface area (Å²) in [6, 6.07) is 5.15. The minimum Gasteiger partial charge on any atom is -0.307 e. The lowest BCUT2D eigenvalue weighted by Gasteiger charge is -2.10. The van der Waals surface area contributed by atoms with E-state index in [9.17, 15) is 8.42 Å². The number of nitrogens with one attached hydrogen (secondary N) is 2. The van der Waals surface area contributed by atoms with Gasteiger partial charge in [0, 0.05) is 22.1 Å². The topological polar surface area (TPSA) is 97.1 Å². The Morgan fingerprint density at radius 3 is 2.70 bits per heavy atom. The molecule has 0 fully saturated rings. The van der Waals surface area contributed by atoms with Gasteiger partial charge in [0.05, 0.1) is 3.79 Å². The van der Waals surface area contributed by atoms with Gasteiger partial charge in [-0.15, -0.1) is 11.3 Å². The zero-order chi connectivity index (χ0) is 14.8. The Hall–Kier alpha value is -0.520. The van der Waals surface area contributed by atoms with Crippen molar-refractivity contribution in [1.29, 1.82) is 0 Å². The SMILES string of the molecule is NNc1ncc(Br)cc1S(=O)(=O)NCc1ccc(Br)s1. The molecule has 0 aliphatic heterocycles. The smallest absolute Gasteiger partial charge is 0.244 e. The predicted molar refractivity (Wildman–Crippen MR) is 85.8 cm³/mol. The van der Waals surface area contributed by atoms with Crippen LogP contribution in [0.3, 0.4) is 0 Å². The van der Waals surface area contributed by atoms with Crippen molar-refractivity contribution in [3.05, 3.63) is 37.5 Å². The number of thiophene rings is 1. The highest BCUT2D eigenvalue weighted by atomic mass is 79.9. The summed E-state index contributed by atoms with van der Waals surface area (Å²) < 4.78 is 28.5. The minimum atomic E-state index is -3.71. The summed E-state index contributed by atoms with van der Waals surface area (Å²) in [6.45, 7) is 0.203. The van der Waals surface area contributed by atoms with Gasteiger partial charge in [-0.1, -0.05) is 0 Å². The van der Waals surface area contributed by atoms with Crippen molar-refractivity contribution in [2.24, 2.45) is 5.84 Å². The van der Waals surface area contributed by atoms with Crippen molar-refractivity contribution in [3.63, 3.8) is 0 Å². The molecule has 0 radical (unpaired) electrons. The minimum absolute atomic E-state index is 0.00926. The van der Waals surface area contributed by atoms with E-state index in [0.29, 0.717) is 4.47 Å². The first-order valence-electron chi connectivity index (χ1n) is 5.28. The number of aromatic nitrogens is 1. The second kappa shape index (κ2) is 6.50. The third kappa shape index (κ3) is 3.77. The van der Waals surface area contributed by atoms with E-state index in [1.807, 2.05) is 12.1 Å². The predicted octanol–water partition coefficient (Wildman–Crippen LogP) is 2.43. The number of anilines is 1. The van der Waals surface area contributed by atoms with Gasteiger partial charge in [-0.25, -0.2) is 24.0 Å². The maximum absolute atomic E-state index is 12.3. The van der Waals surface area contributed by atoms with E-state index in [1.54, 1.807) is 0 Å². The first-order chi connectivity index (χ1) is 9.42. The third-order valence-corrected chi connectivity index (χ3v) is 5.78. The summed E-state index contributed by atoms with van der Waals surface area (Å²) >= 11 is 7.98. The molecular weight excluding hydrogens is 432 g/mol. The Bertz CT molecular complexity index is 718. The van der Waals surface area contributed by atoms with Gasteiger partial charge in [0.25, 0.3) is 0 Å². The van der Waals surface area contributed by atoms with Gasteiger partial charge in [-0.05, 0) is 50.1 Å². The summed E-state index contributed by atoms with van der Waals surface area (Å²) in [6.07, 6.45) is 1.46. The average Bonchev–Trinajstić information content (AvgIpc) is 2.82. The summed E-state index contributed by atoms with van der Waals surface area (Å²) in [5.74, 6) is 5.37. The van der Waals surface area contributed by atoms with Gasteiger partial charge < -0.3 is 5.43 Å². The first kappa shape index (κ1) is 15.9. The number of nitrogens with zero attached hydrogens (tertiary/aromatic N) is 1. The quantitative estimate of drug-likeness (QED) is 0.489. The molecule has 20 heavy (non-hydrogen) atoms. The molecule has 2 aromatic rings. The molecule has 4 N–H and O–H groups in total. The molecule has 2 heterocycles. The van der Waals surface area contributed by atoms with Crippen molar-refractivity contribution < 1.29 is 8.42 Å².